The Bertz CT molecular complexity index is 746. The Hall–Kier alpha value is -2.82. The second-order valence-corrected chi connectivity index (χ2v) is 6.88. The van der Waals surface area contributed by atoms with Crippen LogP contribution in [0.4, 0.5) is 10.5 Å². The fourth-order valence-electron chi connectivity index (χ4n) is 2.15. The maximum absolute atomic E-state index is 12.3. The molecule has 0 heterocycles. The average Bonchev–Trinajstić information content (AvgIpc) is 2.52. The van der Waals surface area contributed by atoms with Crippen molar-refractivity contribution in [2.75, 3.05) is 5.32 Å². The molecule has 0 spiro atoms. The SMILES string of the molecule is Cc1ccc(CNC(=O)c2cccc(NC(=O)OC(C)(C)C)c2)cc1. The minimum atomic E-state index is -0.576. The van der Waals surface area contributed by atoms with E-state index >= 15 is 0 Å². The maximum Gasteiger partial charge on any atom is 0.412 e. The molecule has 0 fully saturated rings. The molecule has 5 nitrogen and oxygen atoms in total. The van der Waals surface area contributed by atoms with Crippen LogP contribution < -0.4 is 10.6 Å². The van der Waals surface area contributed by atoms with Gasteiger partial charge in [0.2, 0.25) is 0 Å². The summed E-state index contributed by atoms with van der Waals surface area (Å²) in [5, 5.41) is 5.50. The van der Waals surface area contributed by atoms with Crippen LogP contribution in [0, 0.1) is 6.92 Å². The first kappa shape index (κ1) is 18.5. The van der Waals surface area contributed by atoms with Gasteiger partial charge in [0.1, 0.15) is 5.60 Å². The number of aryl methyl sites for hydroxylation is 1. The lowest BCUT2D eigenvalue weighted by Gasteiger charge is -2.19. The number of nitrogens with one attached hydrogen (secondary N) is 2. The first-order valence-electron chi connectivity index (χ1n) is 8.17. The van der Waals surface area contributed by atoms with E-state index in [2.05, 4.69) is 10.6 Å². The number of rotatable bonds is 4. The Balaban J connectivity index is 1.96. The topological polar surface area (TPSA) is 67.4 Å². The lowest BCUT2D eigenvalue weighted by atomic mass is 10.1. The molecule has 0 saturated heterocycles. The molecule has 5 heteroatoms. The lowest BCUT2D eigenvalue weighted by molar-refractivity contribution is 0.0635. The minimum absolute atomic E-state index is 0.201. The molecule has 2 rings (SSSR count). The van der Waals surface area contributed by atoms with E-state index in [9.17, 15) is 9.59 Å². The molecule has 132 valence electrons. The first-order valence-corrected chi connectivity index (χ1v) is 8.17. The van der Waals surface area contributed by atoms with Crippen LogP contribution in [0.25, 0.3) is 0 Å². The highest BCUT2D eigenvalue weighted by Crippen LogP contribution is 2.14. The van der Waals surface area contributed by atoms with E-state index in [-0.39, 0.29) is 5.91 Å². The van der Waals surface area contributed by atoms with Crippen LogP contribution in [0.2, 0.25) is 0 Å². The zero-order valence-corrected chi connectivity index (χ0v) is 15.1. The number of hydrogen-bond acceptors (Lipinski definition) is 3. The standard InChI is InChI=1S/C20H24N2O3/c1-14-8-10-15(11-9-14)13-21-18(23)16-6-5-7-17(12-16)22-19(24)25-20(2,3)4/h5-12H,13H2,1-4H3,(H,21,23)(H,22,24). The molecule has 2 amide bonds. The zero-order valence-electron chi connectivity index (χ0n) is 15.1. The molecule has 0 radical (unpaired) electrons. The van der Waals surface area contributed by atoms with E-state index in [0.29, 0.717) is 17.8 Å². The quantitative estimate of drug-likeness (QED) is 0.873. The maximum atomic E-state index is 12.3. The summed E-state index contributed by atoms with van der Waals surface area (Å²) in [5.41, 5.74) is 2.61. The fourth-order valence-corrected chi connectivity index (χ4v) is 2.15. The lowest BCUT2D eigenvalue weighted by Crippen LogP contribution is -2.27. The Kier molecular flexibility index (Phi) is 5.80. The van der Waals surface area contributed by atoms with Crippen molar-refractivity contribution in [3.05, 3.63) is 65.2 Å². The monoisotopic (exact) mass is 340 g/mol. The number of carbonyl (C=O) groups is 2. The number of amides is 2. The van der Waals surface area contributed by atoms with Crippen molar-refractivity contribution in [1.29, 1.82) is 0 Å². The van der Waals surface area contributed by atoms with Gasteiger partial charge in [0, 0.05) is 17.8 Å². The van der Waals surface area contributed by atoms with Gasteiger partial charge in [-0.15, -0.1) is 0 Å². The third-order valence-electron chi connectivity index (χ3n) is 3.34. The van der Waals surface area contributed by atoms with E-state index in [1.54, 1.807) is 45.0 Å². The summed E-state index contributed by atoms with van der Waals surface area (Å²) < 4.78 is 5.21. The second kappa shape index (κ2) is 7.83. The highest BCUT2D eigenvalue weighted by Gasteiger charge is 2.16. The van der Waals surface area contributed by atoms with Gasteiger partial charge >= 0.3 is 6.09 Å². The van der Waals surface area contributed by atoms with Gasteiger partial charge in [-0.2, -0.15) is 0 Å². The molecule has 25 heavy (non-hydrogen) atoms. The summed E-state index contributed by atoms with van der Waals surface area (Å²) in [6, 6.07) is 14.7. The third-order valence-corrected chi connectivity index (χ3v) is 3.34. The van der Waals surface area contributed by atoms with Crippen LogP contribution in [0.3, 0.4) is 0 Å². The molecule has 2 aromatic rings. The van der Waals surface area contributed by atoms with Gasteiger partial charge in [-0.1, -0.05) is 35.9 Å². The van der Waals surface area contributed by atoms with Crippen molar-refractivity contribution in [1.82, 2.24) is 5.32 Å². The number of carbonyl (C=O) groups excluding carboxylic acids is 2. The Labute approximate surface area is 148 Å². The Morgan fingerprint density at radius 2 is 1.72 bits per heavy atom. The molecule has 0 saturated carbocycles. The highest BCUT2D eigenvalue weighted by atomic mass is 16.6. The Morgan fingerprint density at radius 1 is 1.04 bits per heavy atom. The molecular formula is C20H24N2O3. The van der Waals surface area contributed by atoms with Crippen molar-refractivity contribution in [2.45, 2.75) is 39.8 Å². The summed E-state index contributed by atoms with van der Waals surface area (Å²) in [7, 11) is 0. The average molecular weight is 340 g/mol. The number of hydrogen-bond donors (Lipinski definition) is 2. The fraction of sp³-hybridized carbons (Fsp3) is 0.300. The summed E-state index contributed by atoms with van der Waals surface area (Å²) in [4.78, 5) is 24.1. The van der Waals surface area contributed by atoms with Gasteiger partial charge in [0.05, 0.1) is 0 Å². The summed E-state index contributed by atoms with van der Waals surface area (Å²) >= 11 is 0. The van der Waals surface area contributed by atoms with Gasteiger partial charge < -0.3 is 10.1 Å². The summed E-state index contributed by atoms with van der Waals surface area (Å²) in [5.74, 6) is -0.201. The van der Waals surface area contributed by atoms with Crippen LogP contribution in [0.1, 0.15) is 42.3 Å². The third kappa shape index (κ3) is 6.30. The predicted molar refractivity (Wildman–Crippen MR) is 98.6 cm³/mol. The minimum Gasteiger partial charge on any atom is -0.444 e. The molecule has 2 N–H and O–H groups in total. The van der Waals surface area contributed by atoms with E-state index < -0.39 is 11.7 Å². The van der Waals surface area contributed by atoms with E-state index in [0.717, 1.165) is 5.56 Å². The number of ether oxygens (including phenoxy) is 1. The first-order chi connectivity index (χ1) is 11.7. The molecule has 0 unspecified atom stereocenters. The van der Waals surface area contributed by atoms with Crippen molar-refractivity contribution < 1.29 is 14.3 Å². The van der Waals surface area contributed by atoms with Gasteiger partial charge in [0.25, 0.3) is 5.91 Å². The van der Waals surface area contributed by atoms with Crippen LogP contribution in [0.15, 0.2) is 48.5 Å². The zero-order chi connectivity index (χ0) is 18.4. The van der Waals surface area contributed by atoms with Crippen molar-refractivity contribution in [3.63, 3.8) is 0 Å². The van der Waals surface area contributed by atoms with Gasteiger partial charge in [-0.25, -0.2) is 4.79 Å². The number of benzene rings is 2. The largest absolute Gasteiger partial charge is 0.444 e. The van der Waals surface area contributed by atoms with Crippen molar-refractivity contribution >= 4 is 17.7 Å². The smallest absolute Gasteiger partial charge is 0.412 e. The molecule has 0 bridgehead atoms. The van der Waals surface area contributed by atoms with Crippen molar-refractivity contribution in [2.24, 2.45) is 0 Å². The summed E-state index contributed by atoms with van der Waals surface area (Å²) in [6.45, 7) is 7.85. The predicted octanol–water partition coefficient (Wildman–Crippen LogP) is 4.27. The molecule has 0 aliphatic heterocycles. The van der Waals surface area contributed by atoms with Crippen LogP contribution in [-0.4, -0.2) is 17.6 Å². The molecule has 0 aliphatic rings. The van der Waals surface area contributed by atoms with Gasteiger partial charge in [0.15, 0.2) is 0 Å². The van der Waals surface area contributed by atoms with Crippen LogP contribution in [-0.2, 0) is 11.3 Å². The second-order valence-electron chi connectivity index (χ2n) is 6.88. The molecule has 0 aromatic heterocycles. The normalized spacial score (nSPS) is 10.9. The highest BCUT2D eigenvalue weighted by molar-refractivity contribution is 5.96. The van der Waals surface area contributed by atoms with Gasteiger partial charge in [-0.05, 0) is 51.5 Å². The summed E-state index contributed by atoms with van der Waals surface area (Å²) in [6.07, 6.45) is -0.551. The number of anilines is 1. The van der Waals surface area contributed by atoms with Crippen LogP contribution >= 0.6 is 0 Å². The van der Waals surface area contributed by atoms with E-state index in [4.69, 9.17) is 4.74 Å². The Morgan fingerprint density at radius 3 is 2.36 bits per heavy atom. The molecular weight excluding hydrogens is 316 g/mol. The van der Waals surface area contributed by atoms with Crippen molar-refractivity contribution in [3.8, 4) is 0 Å². The molecule has 2 aromatic carbocycles. The van der Waals surface area contributed by atoms with Gasteiger partial charge in [-0.3, -0.25) is 10.1 Å². The van der Waals surface area contributed by atoms with E-state index in [1.165, 1.54) is 5.56 Å². The van der Waals surface area contributed by atoms with E-state index in [1.807, 2.05) is 31.2 Å². The molecule has 0 aliphatic carbocycles. The molecule has 0 atom stereocenters. The van der Waals surface area contributed by atoms with Crippen LogP contribution in [0.5, 0.6) is 0 Å².